The third-order valence-electron chi connectivity index (χ3n) is 2.69. The van der Waals surface area contributed by atoms with Crippen molar-refractivity contribution < 1.29 is 19.5 Å². The van der Waals surface area contributed by atoms with Gasteiger partial charge in [-0.15, -0.1) is 0 Å². The van der Waals surface area contributed by atoms with Crippen LogP contribution in [-0.2, 0) is 14.4 Å². The van der Waals surface area contributed by atoms with Crippen molar-refractivity contribution in [3.63, 3.8) is 0 Å². The summed E-state index contributed by atoms with van der Waals surface area (Å²) in [6.07, 6.45) is 1.68. The van der Waals surface area contributed by atoms with Crippen LogP contribution in [0.15, 0.2) is 0 Å². The molecule has 0 radical (unpaired) electrons. The lowest BCUT2D eigenvalue weighted by atomic mass is 9.96. The van der Waals surface area contributed by atoms with Crippen molar-refractivity contribution in [3.05, 3.63) is 0 Å². The second kappa shape index (κ2) is 5.37. The number of amides is 2. The van der Waals surface area contributed by atoms with E-state index in [9.17, 15) is 14.4 Å². The Balaban J connectivity index is 2.47. The Kier molecular flexibility index (Phi) is 4.32. The van der Waals surface area contributed by atoms with E-state index in [1.165, 1.54) is 4.90 Å². The van der Waals surface area contributed by atoms with Gasteiger partial charge in [0.05, 0.1) is 6.54 Å². The maximum absolute atomic E-state index is 11.8. The SMILES string of the molecule is CC(C)(C)C(=O)NCC(=O)N(CC(=O)O)C1CC1. The zero-order valence-electron chi connectivity index (χ0n) is 11.0. The highest BCUT2D eigenvalue weighted by molar-refractivity contribution is 5.88. The molecule has 6 heteroatoms. The van der Waals surface area contributed by atoms with Crippen LogP contribution in [0.25, 0.3) is 0 Å². The number of nitrogens with zero attached hydrogens (tertiary/aromatic N) is 1. The van der Waals surface area contributed by atoms with Gasteiger partial charge in [0.15, 0.2) is 0 Å². The Bertz CT molecular complexity index is 356. The largest absolute Gasteiger partial charge is 0.480 e. The topological polar surface area (TPSA) is 86.7 Å². The van der Waals surface area contributed by atoms with E-state index in [1.54, 1.807) is 20.8 Å². The van der Waals surface area contributed by atoms with E-state index < -0.39 is 11.4 Å². The first-order chi connectivity index (χ1) is 8.21. The van der Waals surface area contributed by atoms with Gasteiger partial charge >= 0.3 is 5.97 Å². The van der Waals surface area contributed by atoms with Crippen LogP contribution in [0.4, 0.5) is 0 Å². The molecule has 102 valence electrons. The highest BCUT2D eigenvalue weighted by atomic mass is 16.4. The summed E-state index contributed by atoms with van der Waals surface area (Å²) in [6, 6.07) is 0.0279. The van der Waals surface area contributed by atoms with Crippen molar-refractivity contribution in [2.24, 2.45) is 5.41 Å². The number of carbonyl (C=O) groups excluding carboxylic acids is 2. The summed E-state index contributed by atoms with van der Waals surface area (Å²) < 4.78 is 0. The second-order valence-corrected chi connectivity index (χ2v) is 5.58. The summed E-state index contributed by atoms with van der Waals surface area (Å²) >= 11 is 0. The van der Waals surface area contributed by atoms with Gasteiger partial charge in [0.25, 0.3) is 0 Å². The molecule has 0 aromatic carbocycles. The normalized spacial score (nSPS) is 15.1. The molecule has 1 saturated carbocycles. The average molecular weight is 256 g/mol. The summed E-state index contributed by atoms with van der Waals surface area (Å²) in [4.78, 5) is 35.4. The first-order valence-corrected chi connectivity index (χ1v) is 6.01. The molecule has 0 saturated heterocycles. The van der Waals surface area contributed by atoms with Gasteiger partial charge in [0.1, 0.15) is 6.54 Å². The van der Waals surface area contributed by atoms with Crippen LogP contribution in [0.2, 0.25) is 0 Å². The number of nitrogens with one attached hydrogen (secondary N) is 1. The Hall–Kier alpha value is -1.59. The summed E-state index contributed by atoms with van der Waals surface area (Å²) in [6.45, 7) is 4.82. The zero-order chi connectivity index (χ0) is 13.9. The van der Waals surface area contributed by atoms with Crippen LogP contribution in [0.5, 0.6) is 0 Å². The number of aliphatic carboxylic acids is 1. The molecule has 0 aromatic heterocycles. The summed E-state index contributed by atoms with van der Waals surface area (Å²) in [7, 11) is 0. The van der Waals surface area contributed by atoms with Crippen molar-refractivity contribution >= 4 is 17.8 Å². The van der Waals surface area contributed by atoms with E-state index in [0.717, 1.165) is 12.8 Å². The van der Waals surface area contributed by atoms with Crippen LogP contribution in [0.3, 0.4) is 0 Å². The van der Waals surface area contributed by atoms with Gasteiger partial charge in [-0.1, -0.05) is 20.8 Å². The molecule has 0 heterocycles. The van der Waals surface area contributed by atoms with Crippen LogP contribution < -0.4 is 5.32 Å². The molecular formula is C12H20N2O4. The minimum atomic E-state index is -1.03. The number of hydrogen-bond acceptors (Lipinski definition) is 3. The molecule has 2 N–H and O–H groups in total. The standard InChI is InChI=1S/C12H20N2O4/c1-12(2,3)11(18)13-6-9(15)14(7-10(16)17)8-4-5-8/h8H,4-7H2,1-3H3,(H,13,18)(H,16,17). The van der Waals surface area contributed by atoms with E-state index in [2.05, 4.69) is 5.32 Å². The maximum atomic E-state index is 11.8. The summed E-state index contributed by atoms with van der Waals surface area (Å²) in [5, 5.41) is 11.3. The minimum Gasteiger partial charge on any atom is -0.480 e. The Morgan fingerprint density at radius 1 is 1.28 bits per heavy atom. The molecule has 0 bridgehead atoms. The van der Waals surface area contributed by atoms with Crippen LogP contribution in [0, 0.1) is 5.41 Å². The molecule has 1 aliphatic carbocycles. The van der Waals surface area contributed by atoms with Crippen molar-refractivity contribution in [1.29, 1.82) is 0 Å². The van der Waals surface area contributed by atoms with Gasteiger partial charge < -0.3 is 15.3 Å². The number of hydrogen-bond donors (Lipinski definition) is 2. The van der Waals surface area contributed by atoms with Crippen LogP contribution >= 0.6 is 0 Å². The molecule has 0 atom stereocenters. The first-order valence-electron chi connectivity index (χ1n) is 6.01. The summed E-state index contributed by atoms with van der Waals surface area (Å²) in [5.74, 6) is -1.59. The number of carbonyl (C=O) groups is 3. The maximum Gasteiger partial charge on any atom is 0.323 e. The molecule has 0 aliphatic heterocycles. The Morgan fingerprint density at radius 3 is 2.22 bits per heavy atom. The highest BCUT2D eigenvalue weighted by Crippen LogP contribution is 2.26. The Labute approximate surface area is 106 Å². The molecule has 1 fully saturated rings. The van der Waals surface area contributed by atoms with Crippen LogP contribution in [0.1, 0.15) is 33.6 Å². The highest BCUT2D eigenvalue weighted by Gasteiger charge is 2.34. The third kappa shape index (κ3) is 4.35. The molecular weight excluding hydrogens is 236 g/mol. The van der Waals surface area contributed by atoms with Crippen molar-refractivity contribution in [3.8, 4) is 0 Å². The number of rotatable bonds is 5. The van der Waals surface area contributed by atoms with Gasteiger partial charge in [-0.3, -0.25) is 14.4 Å². The van der Waals surface area contributed by atoms with Crippen molar-refractivity contribution in [1.82, 2.24) is 10.2 Å². The van der Waals surface area contributed by atoms with Gasteiger partial charge in [0, 0.05) is 11.5 Å². The molecule has 0 unspecified atom stereocenters. The van der Waals surface area contributed by atoms with Gasteiger partial charge in [0.2, 0.25) is 11.8 Å². The Morgan fingerprint density at radius 2 is 1.83 bits per heavy atom. The van der Waals surface area contributed by atoms with Crippen molar-refractivity contribution in [2.75, 3.05) is 13.1 Å². The molecule has 0 aromatic rings. The molecule has 1 rings (SSSR count). The van der Waals surface area contributed by atoms with Gasteiger partial charge in [-0.2, -0.15) is 0 Å². The van der Waals surface area contributed by atoms with E-state index in [4.69, 9.17) is 5.11 Å². The average Bonchev–Trinajstić information content (AvgIpc) is 3.03. The molecule has 0 spiro atoms. The van der Waals surface area contributed by atoms with Gasteiger partial charge in [-0.05, 0) is 12.8 Å². The fraction of sp³-hybridized carbons (Fsp3) is 0.750. The predicted molar refractivity (Wildman–Crippen MR) is 64.8 cm³/mol. The van der Waals surface area contributed by atoms with E-state index in [-0.39, 0.29) is 30.9 Å². The monoisotopic (exact) mass is 256 g/mol. The predicted octanol–water partition coefficient (Wildman–Crippen LogP) is 0.224. The molecule has 1 aliphatic rings. The molecule has 18 heavy (non-hydrogen) atoms. The third-order valence-corrected chi connectivity index (χ3v) is 2.69. The molecule has 2 amide bonds. The fourth-order valence-electron chi connectivity index (χ4n) is 1.48. The fourth-order valence-corrected chi connectivity index (χ4v) is 1.48. The van der Waals surface area contributed by atoms with Gasteiger partial charge in [-0.25, -0.2) is 0 Å². The number of carboxylic acid groups (broad SMARTS) is 1. The van der Waals surface area contributed by atoms with Crippen LogP contribution in [-0.4, -0.2) is 46.9 Å². The first kappa shape index (κ1) is 14.5. The lowest BCUT2D eigenvalue weighted by Crippen LogP contribution is -2.45. The van der Waals surface area contributed by atoms with E-state index >= 15 is 0 Å². The molecule has 6 nitrogen and oxygen atoms in total. The minimum absolute atomic E-state index is 0.0279. The lowest BCUT2D eigenvalue weighted by molar-refractivity contribution is -0.145. The van der Waals surface area contributed by atoms with E-state index in [0.29, 0.717) is 0 Å². The quantitative estimate of drug-likeness (QED) is 0.737. The zero-order valence-corrected chi connectivity index (χ0v) is 11.0. The second-order valence-electron chi connectivity index (χ2n) is 5.58. The smallest absolute Gasteiger partial charge is 0.323 e. The lowest BCUT2D eigenvalue weighted by Gasteiger charge is -2.22. The van der Waals surface area contributed by atoms with E-state index in [1.807, 2.05) is 0 Å². The summed E-state index contributed by atoms with van der Waals surface area (Å²) in [5.41, 5.74) is -0.558. The van der Waals surface area contributed by atoms with Crippen molar-refractivity contribution in [2.45, 2.75) is 39.7 Å². The number of carboxylic acids is 1.